The van der Waals surface area contributed by atoms with Crippen molar-refractivity contribution in [3.05, 3.63) is 29.3 Å². The zero-order chi connectivity index (χ0) is 11.0. The number of hydrogen-bond donors (Lipinski definition) is 0. The third kappa shape index (κ3) is 1.95. The van der Waals surface area contributed by atoms with Gasteiger partial charge in [-0.15, -0.1) is 0 Å². The highest BCUT2D eigenvalue weighted by Gasteiger charge is 2.23. The van der Waals surface area contributed by atoms with Crippen LogP contribution in [0.2, 0.25) is 0 Å². The first-order valence-electron chi connectivity index (χ1n) is 5.73. The van der Waals surface area contributed by atoms with E-state index in [2.05, 4.69) is 0 Å². The van der Waals surface area contributed by atoms with Gasteiger partial charge in [-0.05, 0) is 36.6 Å². The van der Waals surface area contributed by atoms with Gasteiger partial charge in [0.15, 0.2) is 5.78 Å². The van der Waals surface area contributed by atoms with Crippen molar-refractivity contribution in [3.8, 4) is 5.75 Å². The molecule has 0 saturated carbocycles. The predicted octanol–water partition coefficient (Wildman–Crippen LogP) is 1.98. The highest BCUT2D eigenvalue weighted by Crippen LogP contribution is 2.25. The second-order valence-electron chi connectivity index (χ2n) is 4.36. The lowest BCUT2D eigenvalue weighted by Gasteiger charge is -2.15. The van der Waals surface area contributed by atoms with Gasteiger partial charge in [0.25, 0.3) is 0 Å². The summed E-state index contributed by atoms with van der Waals surface area (Å²) in [4.78, 5) is 11.6. The van der Waals surface area contributed by atoms with Gasteiger partial charge in [0.1, 0.15) is 18.5 Å². The van der Waals surface area contributed by atoms with Crippen LogP contribution in [0.15, 0.2) is 18.2 Å². The smallest absolute Gasteiger partial charge is 0.163 e. The van der Waals surface area contributed by atoms with Gasteiger partial charge >= 0.3 is 0 Å². The molecule has 3 rings (SSSR count). The number of benzene rings is 1. The Balaban J connectivity index is 1.77. The molecule has 0 N–H and O–H groups in total. The molecule has 1 unspecified atom stereocenters. The van der Waals surface area contributed by atoms with E-state index in [-0.39, 0.29) is 11.9 Å². The third-order valence-electron chi connectivity index (χ3n) is 3.07. The Bertz CT molecular complexity index is 421. The summed E-state index contributed by atoms with van der Waals surface area (Å²) in [5.41, 5.74) is 2.01. The minimum atomic E-state index is 0.262. The van der Waals surface area contributed by atoms with Gasteiger partial charge < -0.3 is 9.47 Å². The number of carbonyl (C=O) groups is 1. The van der Waals surface area contributed by atoms with E-state index in [1.165, 1.54) is 0 Å². The fourth-order valence-electron chi connectivity index (χ4n) is 2.07. The van der Waals surface area contributed by atoms with Crippen LogP contribution < -0.4 is 4.74 Å². The van der Waals surface area contributed by atoms with Crippen LogP contribution in [0, 0.1) is 0 Å². The molecular formula is C13H14O3. The molecular weight excluding hydrogens is 204 g/mol. The molecule has 1 aliphatic carbocycles. The molecule has 0 spiro atoms. The molecule has 3 heteroatoms. The maximum Gasteiger partial charge on any atom is 0.163 e. The maximum absolute atomic E-state index is 11.6. The van der Waals surface area contributed by atoms with Crippen molar-refractivity contribution in [2.75, 3.05) is 13.2 Å². The van der Waals surface area contributed by atoms with Crippen LogP contribution in [0.3, 0.4) is 0 Å². The van der Waals surface area contributed by atoms with Crippen LogP contribution in [0.5, 0.6) is 5.75 Å². The lowest BCUT2D eigenvalue weighted by atomic mass is 9.91. The summed E-state index contributed by atoms with van der Waals surface area (Å²) in [5, 5.41) is 0. The van der Waals surface area contributed by atoms with Crippen LogP contribution in [0.1, 0.15) is 28.8 Å². The van der Waals surface area contributed by atoms with Crippen LogP contribution in [-0.4, -0.2) is 25.1 Å². The highest BCUT2D eigenvalue weighted by atomic mass is 16.6. The molecule has 1 aromatic carbocycles. The molecule has 1 heterocycles. The lowest BCUT2D eigenvalue weighted by molar-refractivity contribution is 0.0972. The molecule has 1 aliphatic heterocycles. The van der Waals surface area contributed by atoms with Gasteiger partial charge in [-0.1, -0.05) is 0 Å². The molecule has 0 aromatic heterocycles. The van der Waals surface area contributed by atoms with Gasteiger partial charge in [-0.25, -0.2) is 0 Å². The van der Waals surface area contributed by atoms with Crippen molar-refractivity contribution in [2.24, 2.45) is 0 Å². The standard InChI is InChI=1S/C13H14O3/c14-13-3-1-2-9-6-10(4-5-12(9)13)15-7-11-8-16-11/h4-6,11H,1-3,7-8H2. The maximum atomic E-state index is 11.6. The van der Waals surface area contributed by atoms with Crippen molar-refractivity contribution < 1.29 is 14.3 Å². The SMILES string of the molecule is O=C1CCCc2cc(OCC3CO3)ccc21. The van der Waals surface area contributed by atoms with Crippen LogP contribution in [0.4, 0.5) is 0 Å². The number of aryl methyl sites for hydroxylation is 1. The number of hydrogen-bond acceptors (Lipinski definition) is 3. The first-order valence-corrected chi connectivity index (χ1v) is 5.73. The Morgan fingerprint density at radius 3 is 3.06 bits per heavy atom. The normalized spacial score (nSPS) is 22.8. The van der Waals surface area contributed by atoms with E-state index in [1.54, 1.807) is 0 Å². The number of rotatable bonds is 3. The zero-order valence-corrected chi connectivity index (χ0v) is 9.07. The number of Topliss-reactive ketones (excluding diaryl/α,β-unsaturated/α-hetero) is 1. The van der Waals surface area contributed by atoms with E-state index in [0.29, 0.717) is 13.0 Å². The Morgan fingerprint density at radius 1 is 1.38 bits per heavy atom. The van der Waals surface area contributed by atoms with Crippen molar-refractivity contribution >= 4 is 5.78 Å². The molecule has 1 aromatic rings. The van der Waals surface area contributed by atoms with E-state index in [1.807, 2.05) is 18.2 Å². The number of carbonyl (C=O) groups excluding carboxylic acids is 1. The predicted molar refractivity (Wildman–Crippen MR) is 58.9 cm³/mol. The van der Waals surface area contributed by atoms with Crippen LogP contribution >= 0.6 is 0 Å². The van der Waals surface area contributed by atoms with Crippen LogP contribution in [0.25, 0.3) is 0 Å². The van der Waals surface area contributed by atoms with Gasteiger partial charge in [0.2, 0.25) is 0 Å². The Labute approximate surface area is 94.4 Å². The quantitative estimate of drug-likeness (QED) is 0.728. The molecule has 0 amide bonds. The zero-order valence-electron chi connectivity index (χ0n) is 9.07. The summed E-state index contributed by atoms with van der Waals surface area (Å²) in [6.45, 7) is 1.43. The molecule has 1 saturated heterocycles. The van der Waals surface area contributed by atoms with Crippen molar-refractivity contribution in [3.63, 3.8) is 0 Å². The van der Waals surface area contributed by atoms with Crippen molar-refractivity contribution in [1.82, 2.24) is 0 Å². The van der Waals surface area contributed by atoms with Crippen molar-refractivity contribution in [2.45, 2.75) is 25.4 Å². The highest BCUT2D eigenvalue weighted by molar-refractivity contribution is 5.98. The Hall–Kier alpha value is -1.35. The average Bonchev–Trinajstić information content (AvgIpc) is 3.10. The summed E-state index contributed by atoms with van der Waals surface area (Å²) in [7, 11) is 0. The Kier molecular flexibility index (Phi) is 2.40. The third-order valence-corrected chi connectivity index (χ3v) is 3.07. The monoisotopic (exact) mass is 218 g/mol. The molecule has 16 heavy (non-hydrogen) atoms. The second-order valence-corrected chi connectivity index (χ2v) is 4.36. The summed E-state index contributed by atoms with van der Waals surface area (Å²) in [6, 6.07) is 5.76. The molecule has 84 valence electrons. The summed E-state index contributed by atoms with van der Waals surface area (Å²) in [5.74, 6) is 1.11. The fraction of sp³-hybridized carbons (Fsp3) is 0.462. The number of ketones is 1. The summed E-state index contributed by atoms with van der Waals surface area (Å²) in [6.07, 6.45) is 2.90. The number of ether oxygens (including phenoxy) is 2. The molecule has 1 atom stereocenters. The average molecular weight is 218 g/mol. The van der Waals surface area contributed by atoms with E-state index < -0.39 is 0 Å². The summed E-state index contributed by atoms with van der Waals surface area (Å²) >= 11 is 0. The van der Waals surface area contributed by atoms with E-state index in [0.717, 1.165) is 36.3 Å². The van der Waals surface area contributed by atoms with Gasteiger partial charge in [-0.3, -0.25) is 4.79 Å². The second kappa shape index (κ2) is 3.91. The molecule has 2 aliphatic rings. The Morgan fingerprint density at radius 2 is 2.25 bits per heavy atom. The van der Waals surface area contributed by atoms with E-state index >= 15 is 0 Å². The molecule has 3 nitrogen and oxygen atoms in total. The van der Waals surface area contributed by atoms with Gasteiger partial charge in [0, 0.05) is 12.0 Å². The minimum absolute atomic E-state index is 0.262. The van der Waals surface area contributed by atoms with E-state index in [4.69, 9.17) is 9.47 Å². The van der Waals surface area contributed by atoms with Gasteiger partial charge in [0.05, 0.1) is 6.61 Å². The van der Waals surface area contributed by atoms with Gasteiger partial charge in [-0.2, -0.15) is 0 Å². The lowest BCUT2D eigenvalue weighted by Crippen LogP contribution is -2.11. The minimum Gasteiger partial charge on any atom is -0.491 e. The van der Waals surface area contributed by atoms with E-state index in [9.17, 15) is 4.79 Å². The largest absolute Gasteiger partial charge is 0.491 e. The number of epoxide rings is 1. The number of fused-ring (bicyclic) bond motifs is 1. The fourth-order valence-corrected chi connectivity index (χ4v) is 2.07. The molecule has 1 fully saturated rings. The topological polar surface area (TPSA) is 38.8 Å². The molecule has 0 bridgehead atoms. The first kappa shape index (κ1) is 9.85. The molecule has 0 radical (unpaired) electrons. The van der Waals surface area contributed by atoms with Crippen molar-refractivity contribution in [1.29, 1.82) is 0 Å². The first-order chi connectivity index (χ1) is 7.83. The summed E-state index contributed by atoms with van der Waals surface area (Å²) < 4.78 is 10.7. The van der Waals surface area contributed by atoms with Crippen LogP contribution in [-0.2, 0) is 11.2 Å².